The Balaban J connectivity index is 1.90. The lowest BCUT2D eigenvalue weighted by atomic mass is 10.1. The van der Waals surface area contributed by atoms with Crippen LogP contribution in [0.3, 0.4) is 0 Å². The average molecular weight is 355 g/mol. The molecule has 0 bridgehead atoms. The Morgan fingerprint density at radius 2 is 2.17 bits per heavy atom. The van der Waals surface area contributed by atoms with Gasteiger partial charge in [0.2, 0.25) is 0 Å². The maximum atomic E-state index is 12.3. The standard InChI is InChI=1S/C16H20Cl2N4O/c1-11(14-5-4-13(17)8-15(14)18)22(3)16(23)19-7-6-12-9-20-21(2)10-12/h4-5,8-11H,6-7H2,1-3H3,(H,19,23)/t11-/m1/s1. The van der Waals surface area contributed by atoms with Crippen molar-refractivity contribution in [3.05, 3.63) is 51.8 Å². The van der Waals surface area contributed by atoms with Crippen LogP contribution in [0.1, 0.15) is 24.1 Å². The van der Waals surface area contributed by atoms with Crippen molar-refractivity contribution in [1.82, 2.24) is 20.0 Å². The van der Waals surface area contributed by atoms with Gasteiger partial charge in [-0.3, -0.25) is 4.68 Å². The number of urea groups is 1. The highest BCUT2D eigenvalue weighted by atomic mass is 35.5. The van der Waals surface area contributed by atoms with Crippen LogP contribution in [0.2, 0.25) is 10.0 Å². The summed E-state index contributed by atoms with van der Waals surface area (Å²) in [5.74, 6) is 0. The van der Waals surface area contributed by atoms with Gasteiger partial charge >= 0.3 is 6.03 Å². The van der Waals surface area contributed by atoms with Gasteiger partial charge in [0.05, 0.1) is 12.2 Å². The zero-order valence-electron chi connectivity index (χ0n) is 13.4. The van der Waals surface area contributed by atoms with E-state index in [2.05, 4.69) is 10.4 Å². The van der Waals surface area contributed by atoms with E-state index in [1.807, 2.05) is 26.2 Å². The number of aromatic nitrogens is 2. The number of carbonyl (C=O) groups is 1. The third kappa shape index (κ3) is 4.62. The van der Waals surface area contributed by atoms with Crippen LogP contribution in [0.15, 0.2) is 30.6 Å². The molecule has 0 aliphatic carbocycles. The average Bonchev–Trinajstić information content (AvgIpc) is 2.91. The fourth-order valence-corrected chi connectivity index (χ4v) is 2.83. The summed E-state index contributed by atoms with van der Waals surface area (Å²) in [5, 5.41) is 8.14. The van der Waals surface area contributed by atoms with Crippen LogP contribution in [0, 0.1) is 0 Å². The molecule has 2 amide bonds. The first kappa shape index (κ1) is 17.6. The Kier molecular flexibility index (Phi) is 5.91. The number of aryl methyl sites for hydroxylation is 1. The summed E-state index contributed by atoms with van der Waals surface area (Å²) in [5.41, 5.74) is 1.95. The highest BCUT2D eigenvalue weighted by molar-refractivity contribution is 6.35. The van der Waals surface area contributed by atoms with Crippen molar-refractivity contribution >= 4 is 29.2 Å². The highest BCUT2D eigenvalue weighted by Gasteiger charge is 2.19. The third-order valence-electron chi connectivity index (χ3n) is 3.76. The smallest absolute Gasteiger partial charge is 0.317 e. The summed E-state index contributed by atoms with van der Waals surface area (Å²) >= 11 is 12.1. The Labute approximate surface area is 146 Å². The van der Waals surface area contributed by atoms with Crippen molar-refractivity contribution in [2.45, 2.75) is 19.4 Å². The first-order valence-electron chi connectivity index (χ1n) is 7.31. The first-order chi connectivity index (χ1) is 10.9. The molecule has 0 spiro atoms. The van der Waals surface area contributed by atoms with Crippen LogP contribution in [-0.2, 0) is 13.5 Å². The summed E-state index contributed by atoms with van der Waals surface area (Å²) in [6, 6.07) is 5.00. The van der Waals surface area contributed by atoms with Crippen LogP contribution < -0.4 is 5.32 Å². The van der Waals surface area contributed by atoms with Crippen LogP contribution in [0.4, 0.5) is 4.79 Å². The van der Waals surface area contributed by atoms with Gasteiger partial charge in [-0.15, -0.1) is 0 Å². The van der Waals surface area contributed by atoms with Crippen LogP contribution in [0.25, 0.3) is 0 Å². The fourth-order valence-electron chi connectivity index (χ4n) is 2.26. The SMILES string of the molecule is C[C@H](c1ccc(Cl)cc1Cl)N(C)C(=O)NCCc1cnn(C)c1. The first-order valence-corrected chi connectivity index (χ1v) is 8.07. The number of nitrogens with zero attached hydrogens (tertiary/aromatic N) is 3. The Morgan fingerprint density at radius 1 is 1.43 bits per heavy atom. The lowest BCUT2D eigenvalue weighted by molar-refractivity contribution is 0.194. The number of rotatable bonds is 5. The molecule has 0 saturated heterocycles. The van der Waals surface area contributed by atoms with Crippen molar-refractivity contribution in [3.8, 4) is 0 Å². The zero-order chi connectivity index (χ0) is 17.0. The van der Waals surface area contributed by atoms with Gasteiger partial charge in [-0.25, -0.2) is 4.79 Å². The molecule has 1 aromatic carbocycles. The normalized spacial score (nSPS) is 12.0. The van der Waals surface area contributed by atoms with Crippen LogP contribution in [0.5, 0.6) is 0 Å². The van der Waals surface area contributed by atoms with Crippen molar-refractivity contribution < 1.29 is 4.79 Å². The molecule has 23 heavy (non-hydrogen) atoms. The molecule has 0 unspecified atom stereocenters. The maximum Gasteiger partial charge on any atom is 0.317 e. The van der Waals surface area contributed by atoms with Gasteiger partial charge in [0, 0.05) is 36.9 Å². The van der Waals surface area contributed by atoms with E-state index >= 15 is 0 Å². The zero-order valence-corrected chi connectivity index (χ0v) is 14.9. The third-order valence-corrected chi connectivity index (χ3v) is 4.32. The number of halogens is 2. The molecule has 1 aromatic heterocycles. The molecular weight excluding hydrogens is 335 g/mol. The molecule has 0 radical (unpaired) electrons. The van der Waals surface area contributed by atoms with Crippen molar-refractivity contribution in [2.75, 3.05) is 13.6 Å². The number of hydrogen-bond donors (Lipinski definition) is 1. The van der Waals surface area contributed by atoms with E-state index < -0.39 is 0 Å². The molecule has 0 saturated carbocycles. The lowest BCUT2D eigenvalue weighted by Crippen LogP contribution is -2.39. The summed E-state index contributed by atoms with van der Waals surface area (Å²) in [6.45, 7) is 2.48. The van der Waals surface area contributed by atoms with Crippen molar-refractivity contribution in [3.63, 3.8) is 0 Å². The Hall–Kier alpha value is -1.72. The maximum absolute atomic E-state index is 12.3. The van der Waals surface area contributed by atoms with E-state index in [4.69, 9.17) is 23.2 Å². The van der Waals surface area contributed by atoms with Crippen molar-refractivity contribution in [2.24, 2.45) is 7.05 Å². The molecule has 124 valence electrons. The van der Waals surface area contributed by atoms with E-state index in [0.717, 1.165) is 17.5 Å². The molecule has 0 aliphatic rings. The minimum absolute atomic E-state index is 0.146. The molecule has 0 aliphatic heterocycles. The summed E-state index contributed by atoms with van der Waals surface area (Å²) < 4.78 is 1.74. The molecular formula is C16H20Cl2N4O. The minimum Gasteiger partial charge on any atom is -0.338 e. The Morgan fingerprint density at radius 3 is 2.78 bits per heavy atom. The number of nitrogens with one attached hydrogen (secondary N) is 1. The largest absolute Gasteiger partial charge is 0.338 e. The minimum atomic E-state index is -0.154. The second-order valence-corrected chi connectivity index (χ2v) is 6.30. The molecule has 0 fully saturated rings. The predicted octanol–water partition coefficient (Wildman–Crippen LogP) is 3.67. The number of amides is 2. The molecule has 5 nitrogen and oxygen atoms in total. The van der Waals surface area contributed by atoms with Gasteiger partial charge in [-0.2, -0.15) is 5.10 Å². The lowest BCUT2D eigenvalue weighted by Gasteiger charge is -2.26. The molecule has 1 N–H and O–H groups in total. The van der Waals surface area contributed by atoms with E-state index in [-0.39, 0.29) is 12.1 Å². The number of carbonyl (C=O) groups excluding carboxylic acids is 1. The second-order valence-electron chi connectivity index (χ2n) is 5.46. The van der Waals surface area contributed by atoms with E-state index in [1.54, 1.807) is 35.0 Å². The second kappa shape index (κ2) is 7.70. The summed E-state index contributed by atoms with van der Waals surface area (Å²) in [4.78, 5) is 13.9. The van der Waals surface area contributed by atoms with Gasteiger partial charge in [0.1, 0.15) is 0 Å². The highest BCUT2D eigenvalue weighted by Crippen LogP contribution is 2.28. The van der Waals surface area contributed by atoms with Gasteiger partial charge in [0.15, 0.2) is 0 Å². The molecule has 1 atom stereocenters. The summed E-state index contributed by atoms with van der Waals surface area (Å²) in [6.07, 6.45) is 4.47. The van der Waals surface area contributed by atoms with E-state index in [0.29, 0.717) is 16.6 Å². The monoisotopic (exact) mass is 354 g/mol. The van der Waals surface area contributed by atoms with Gasteiger partial charge < -0.3 is 10.2 Å². The molecule has 7 heteroatoms. The van der Waals surface area contributed by atoms with Crippen LogP contribution in [-0.4, -0.2) is 34.3 Å². The quantitative estimate of drug-likeness (QED) is 0.890. The Bertz CT molecular complexity index is 686. The van der Waals surface area contributed by atoms with Gasteiger partial charge in [-0.1, -0.05) is 29.3 Å². The predicted molar refractivity (Wildman–Crippen MR) is 93.0 cm³/mol. The van der Waals surface area contributed by atoms with E-state index in [1.165, 1.54) is 0 Å². The molecule has 2 aromatic rings. The molecule has 1 heterocycles. The number of hydrogen-bond acceptors (Lipinski definition) is 2. The summed E-state index contributed by atoms with van der Waals surface area (Å²) in [7, 11) is 3.61. The molecule has 2 rings (SSSR count). The number of benzene rings is 1. The van der Waals surface area contributed by atoms with Crippen molar-refractivity contribution in [1.29, 1.82) is 0 Å². The fraction of sp³-hybridized carbons (Fsp3) is 0.375. The van der Waals surface area contributed by atoms with E-state index in [9.17, 15) is 4.79 Å². The topological polar surface area (TPSA) is 50.2 Å². The van der Waals surface area contributed by atoms with Crippen LogP contribution >= 0.6 is 23.2 Å². The van der Waals surface area contributed by atoms with Gasteiger partial charge in [-0.05, 0) is 36.6 Å². The van der Waals surface area contributed by atoms with Gasteiger partial charge in [0.25, 0.3) is 0 Å².